The van der Waals surface area contributed by atoms with Gasteiger partial charge in [-0.1, -0.05) is 47.5 Å². The summed E-state index contributed by atoms with van der Waals surface area (Å²) in [7, 11) is 1.49. The normalized spacial score (nSPS) is 11.7. The average Bonchev–Trinajstić information content (AvgIpc) is 2.62. The van der Waals surface area contributed by atoms with E-state index in [0.29, 0.717) is 15.6 Å². The van der Waals surface area contributed by atoms with E-state index in [2.05, 4.69) is 5.32 Å². The van der Waals surface area contributed by atoms with E-state index in [1.54, 1.807) is 43.3 Å². The molecule has 1 N–H and O–H groups in total. The van der Waals surface area contributed by atoms with Crippen LogP contribution in [0.2, 0.25) is 10.0 Å². The number of carbonyl (C=O) groups excluding carboxylic acids is 2. The first-order valence-corrected chi connectivity index (χ1v) is 8.78. The molecule has 0 heterocycles. The third-order valence-electron chi connectivity index (χ3n) is 4.10. The number of benzene rings is 2. The number of rotatable bonds is 6. The molecule has 2 rings (SSSR count). The van der Waals surface area contributed by atoms with E-state index in [9.17, 15) is 14.0 Å². The summed E-state index contributed by atoms with van der Waals surface area (Å²) in [5.41, 5.74) is 0.797. The lowest BCUT2D eigenvalue weighted by atomic mass is 10.1. The second-order valence-electron chi connectivity index (χ2n) is 5.78. The largest absolute Gasteiger partial charge is 0.357 e. The molecule has 1 atom stereocenters. The first-order chi connectivity index (χ1) is 12.3. The summed E-state index contributed by atoms with van der Waals surface area (Å²) in [6.07, 6.45) is -0.171. The molecule has 138 valence electrons. The van der Waals surface area contributed by atoms with Crippen molar-refractivity contribution in [2.75, 3.05) is 7.05 Å². The van der Waals surface area contributed by atoms with Crippen molar-refractivity contribution in [1.82, 2.24) is 10.2 Å². The summed E-state index contributed by atoms with van der Waals surface area (Å²) < 4.78 is 13.9. The molecule has 0 unspecified atom stereocenters. The molecule has 0 aliphatic rings. The zero-order valence-corrected chi connectivity index (χ0v) is 15.9. The van der Waals surface area contributed by atoms with Gasteiger partial charge in [-0.05, 0) is 30.7 Å². The maximum Gasteiger partial charge on any atom is 0.242 e. The Balaban J connectivity index is 2.33. The van der Waals surface area contributed by atoms with Gasteiger partial charge in [0.05, 0.1) is 6.42 Å². The average molecular weight is 397 g/mol. The summed E-state index contributed by atoms with van der Waals surface area (Å²) in [6, 6.07) is 10.3. The standard InChI is InChI=1S/C19H19Cl2FN2O2/c1-12(19(26)23-2)24(11-14-15(20)7-5-8-16(14)21)18(25)10-13-6-3-4-9-17(13)22/h3-9,12H,10-11H2,1-2H3,(H,23,26)/t12-/m1/s1. The predicted molar refractivity (Wildman–Crippen MR) is 101 cm³/mol. The molecule has 0 radical (unpaired) electrons. The number of halogens is 3. The molecule has 2 amide bonds. The SMILES string of the molecule is CNC(=O)[C@@H](C)N(Cc1c(Cl)cccc1Cl)C(=O)Cc1ccccc1F. The molecule has 0 aliphatic heterocycles. The molecule has 7 heteroatoms. The van der Waals surface area contributed by atoms with Crippen molar-refractivity contribution in [3.63, 3.8) is 0 Å². The van der Waals surface area contributed by atoms with Crippen molar-refractivity contribution >= 4 is 35.0 Å². The third kappa shape index (κ3) is 4.74. The maximum atomic E-state index is 13.9. The Morgan fingerprint density at radius 2 is 1.73 bits per heavy atom. The number of nitrogens with zero attached hydrogens (tertiary/aromatic N) is 1. The highest BCUT2D eigenvalue weighted by Gasteiger charge is 2.27. The van der Waals surface area contributed by atoms with Crippen molar-refractivity contribution < 1.29 is 14.0 Å². The summed E-state index contributed by atoms with van der Waals surface area (Å²) in [4.78, 5) is 26.3. The van der Waals surface area contributed by atoms with E-state index in [1.165, 1.54) is 18.0 Å². The predicted octanol–water partition coefficient (Wildman–Crippen LogP) is 3.84. The van der Waals surface area contributed by atoms with Crippen LogP contribution >= 0.6 is 23.2 Å². The fraction of sp³-hybridized carbons (Fsp3) is 0.263. The van der Waals surface area contributed by atoms with Gasteiger partial charge in [-0.3, -0.25) is 9.59 Å². The Labute approximate surface area is 161 Å². The minimum Gasteiger partial charge on any atom is -0.357 e. The van der Waals surface area contributed by atoms with E-state index in [1.807, 2.05) is 0 Å². The summed E-state index contributed by atoms with van der Waals surface area (Å²) >= 11 is 12.4. The van der Waals surface area contributed by atoms with Gasteiger partial charge in [-0.15, -0.1) is 0 Å². The smallest absolute Gasteiger partial charge is 0.242 e. The van der Waals surface area contributed by atoms with Crippen LogP contribution in [0.15, 0.2) is 42.5 Å². The first kappa shape index (κ1) is 20.2. The van der Waals surface area contributed by atoms with E-state index in [4.69, 9.17) is 23.2 Å². The van der Waals surface area contributed by atoms with E-state index >= 15 is 0 Å². The third-order valence-corrected chi connectivity index (χ3v) is 4.81. The van der Waals surface area contributed by atoms with E-state index in [0.717, 1.165) is 0 Å². The van der Waals surface area contributed by atoms with Gasteiger partial charge in [0, 0.05) is 29.2 Å². The Morgan fingerprint density at radius 3 is 2.31 bits per heavy atom. The number of nitrogens with one attached hydrogen (secondary N) is 1. The summed E-state index contributed by atoms with van der Waals surface area (Å²) in [5.74, 6) is -1.21. The van der Waals surface area contributed by atoms with Crippen LogP contribution in [-0.2, 0) is 22.6 Å². The van der Waals surface area contributed by atoms with Crippen LogP contribution in [-0.4, -0.2) is 29.8 Å². The van der Waals surface area contributed by atoms with Gasteiger partial charge in [0.15, 0.2) is 0 Å². The second kappa shape index (κ2) is 9.01. The van der Waals surface area contributed by atoms with Crippen molar-refractivity contribution in [3.8, 4) is 0 Å². The topological polar surface area (TPSA) is 49.4 Å². The van der Waals surface area contributed by atoms with Crippen molar-refractivity contribution in [1.29, 1.82) is 0 Å². The van der Waals surface area contributed by atoms with Crippen molar-refractivity contribution in [2.24, 2.45) is 0 Å². The van der Waals surface area contributed by atoms with Crippen molar-refractivity contribution in [2.45, 2.75) is 25.9 Å². The monoisotopic (exact) mass is 396 g/mol. The first-order valence-electron chi connectivity index (χ1n) is 8.02. The van der Waals surface area contributed by atoms with Crippen LogP contribution in [0.3, 0.4) is 0 Å². The van der Waals surface area contributed by atoms with Gasteiger partial charge in [-0.2, -0.15) is 0 Å². The van der Waals surface area contributed by atoms with Crippen LogP contribution in [0.1, 0.15) is 18.1 Å². The number of amides is 2. The lowest BCUT2D eigenvalue weighted by Crippen LogP contribution is -2.47. The molecular formula is C19H19Cl2FN2O2. The lowest BCUT2D eigenvalue weighted by molar-refractivity contribution is -0.139. The number of carbonyl (C=O) groups is 2. The van der Waals surface area contributed by atoms with E-state index < -0.39 is 17.8 Å². The molecule has 0 aromatic heterocycles. The minimum atomic E-state index is -0.772. The highest BCUT2D eigenvalue weighted by atomic mass is 35.5. The fourth-order valence-corrected chi connectivity index (χ4v) is 3.07. The molecule has 2 aromatic rings. The molecule has 4 nitrogen and oxygen atoms in total. The molecule has 0 spiro atoms. The summed E-state index contributed by atoms with van der Waals surface area (Å²) in [6.45, 7) is 1.64. The van der Waals surface area contributed by atoms with Crippen LogP contribution in [0, 0.1) is 5.82 Å². The van der Waals surface area contributed by atoms with E-state index in [-0.39, 0.29) is 24.4 Å². The molecule has 0 saturated carbocycles. The van der Waals surface area contributed by atoms with Gasteiger partial charge in [0.25, 0.3) is 0 Å². The Kier molecular flexibility index (Phi) is 7.00. The van der Waals surface area contributed by atoms with Gasteiger partial charge in [-0.25, -0.2) is 4.39 Å². The van der Waals surface area contributed by atoms with Gasteiger partial charge in [0.2, 0.25) is 11.8 Å². The van der Waals surface area contributed by atoms with Crippen LogP contribution in [0.4, 0.5) is 4.39 Å². The molecule has 0 fully saturated rings. The Morgan fingerprint density at radius 1 is 1.12 bits per heavy atom. The van der Waals surface area contributed by atoms with Crippen LogP contribution in [0.5, 0.6) is 0 Å². The molecule has 26 heavy (non-hydrogen) atoms. The highest BCUT2D eigenvalue weighted by Crippen LogP contribution is 2.27. The van der Waals surface area contributed by atoms with Gasteiger partial charge in [0.1, 0.15) is 11.9 Å². The number of hydrogen-bond acceptors (Lipinski definition) is 2. The number of hydrogen-bond donors (Lipinski definition) is 1. The second-order valence-corrected chi connectivity index (χ2v) is 6.59. The molecule has 0 bridgehead atoms. The molecule has 0 saturated heterocycles. The lowest BCUT2D eigenvalue weighted by Gasteiger charge is -2.29. The number of likely N-dealkylation sites (N-methyl/N-ethyl adjacent to an activating group) is 1. The molecule has 2 aromatic carbocycles. The molecule has 0 aliphatic carbocycles. The van der Waals surface area contributed by atoms with Gasteiger partial charge < -0.3 is 10.2 Å². The zero-order chi connectivity index (χ0) is 19.3. The maximum absolute atomic E-state index is 13.9. The van der Waals surface area contributed by atoms with Crippen LogP contribution < -0.4 is 5.32 Å². The van der Waals surface area contributed by atoms with Gasteiger partial charge >= 0.3 is 0 Å². The summed E-state index contributed by atoms with van der Waals surface area (Å²) in [5, 5.41) is 3.31. The zero-order valence-electron chi connectivity index (χ0n) is 14.4. The minimum absolute atomic E-state index is 0.0420. The Bertz CT molecular complexity index is 794. The quantitative estimate of drug-likeness (QED) is 0.806. The highest BCUT2D eigenvalue weighted by molar-refractivity contribution is 6.36. The Hall–Kier alpha value is -2.11. The fourth-order valence-electron chi connectivity index (χ4n) is 2.55. The van der Waals surface area contributed by atoms with Crippen molar-refractivity contribution in [3.05, 3.63) is 69.5 Å². The molecular weight excluding hydrogens is 378 g/mol. The van der Waals surface area contributed by atoms with Crippen LogP contribution in [0.25, 0.3) is 0 Å².